The van der Waals surface area contributed by atoms with E-state index in [1.54, 1.807) is 4.68 Å². The molecule has 0 saturated carbocycles. The van der Waals surface area contributed by atoms with Crippen LogP contribution in [0.1, 0.15) is 126 Å². The van der Waals surface area contributed by atoms with Crippen molar-refractivity contribution in [2.45, 2.75) is 126 Å². The Bertz CT molecular complexity index is 1250. The van der Waals surface area contributed by atoms with E-state index in [-0.39, 0.29) is 16.9 Å². The Balaban J connectivity index is 1.09. The first-order chi connectivity index (χ1) is 20.7. The number of hydrogen-bond acceptors (Lipinski definition) is 6. The Labute approximate surface area is 255 Å². The summed E-state index contributed by atoms with van der Waals surface area (Å²) in [5.41, 5.74) is 3.22. The topological polar surface area (TPSA) is 89.8 Å². The molecule has 0 saturated heterocycles. The quantitative estimate of drug-likeness (QED) is 0.133. The van der Waals surface area contributed by atoms with E-state index in [1.807, 2.05) is 48.5 Å². The molecule has 0 aliphatic heterocycles. The molecule has 8 heteroatoms. The zero-order valence-corrected chi connectivity index (χ0v) is 26.0. The molecule has 0 unspecified atom stereocenters. The summed E-state index contributed by atoms with van der Waals surface area (Å²) in [5, 5.41) is 15.3. The lowest BCUT2D eigenvalue weighted by molar-refractivity contribution is -0.116. The fraction of sp³-hybridized carbons (Fsp3) is 0.559. The first kappa shape index (κ1) is 31.9. The van der Waals surface area contributed by atoms with Gasteiger partial charge in [-0.25, -0.2) is 0 Å². The average molecular weight is 590 g/mol. The molecule has 42 heavy (non-hydrogen) atoms. The number of carbonyl (C=O) groups is 2. The van der Waals surface area contributed by atoms with E-state index in [2.05, 4.69) is 27.8 Å². The molecule has 226 valence electrons. The van der Waals surface area contributed by atoms with Crippen molar-refractivity contribution in [3.63, 3.8) is 0 Å². The van der Waals surface area contributed by atoms with Crippen LogP contribution in [-0.4, -0.2) is 37.1 Å². The number of ketones is 1. The van der Waals surface area contributed by atoms with E-state index < -0.39 is 0 Å². The summed E-state index contributed by atoms with van der Waals surface area (Å²) in [4.78, 5) is 25.8. The zero-order chi connectivity index (χ0) is 29.4. The van der Waals surface area contributed by atoms with Crippen molar-refractivity contribution in [3.8, 4) is 5.69 Å². The third-order valence-corrected chi connectivity index (χ3v) is 9.18. The number of thioether (sulfide) groups is 1. The molecule has 0 radical (unpaired) electrons. The number of amides is 1. The monoisotopic (exact) mass is 589 g/mol. The van der Waals surface area contributed by atoms with Crippen molar-refractivity contribution < 1.29 is 9.59 Å². The van der Waals surface area contributed by atoms with Crippen molar-refractivity contribution in [2.75, 3.05) is 5.32 Å². The van der Waals surface area contributed by atoms with Crippen molar-refractivity contribution in [1.82, 2.24) is 20.2 Å². The highest BCUT2D eigenvalue weighted by molar-refractivity contribution is 8.00. The number of nitrogens with one attached hydrogen (secondary N) is 1. The van der Waals surface area contributed by atoms with Crippen molar-refractivity contribution in [3.05, 3.63) is 59.7 Å². The number of anilines is 1. The third kappa shape index (κ3) is 10.1. The highest BCUT2D eigenvalue weighted by atomic mass is 32.2. The number of benzene rings is 2. The largest absolute Gasteiger partial charge is 0.326 e. The van der Waals surface area contributed by atoms with Crippen LogP contribution >= 0.6 is 11.8 Å². The van der Waals surface area contributed by atoms with Crippen LogP contribution in [0, 0.1) is 0 Å². The third-order valence-electron chi connectivity index (χ3n) is 8.05. The molecule has 4 rings (SSSR count). The summed E-state index contributed by atoms with van der Waals surface area (Å²) >= 11 is 1.38. The van der Waals surface area contributed by atoms with Gasteiger partial charge < -0.3 is 5.32 Å². The Morgan fingerprint density at radius 1 is 0.857 bits per heavy atom. The average Bonchev–Trinajstić information content (AvgIpc) is 3.59. The summed E-state index contributed by atoms with van der Waals surface area (Å²) in [6.07, 6.45) is 20.8. The molecule has 1 aliphatic carbocycles. The lowest BCUT2D eigenvalue weighted by Gasteiger charge is -2.08. The number of carbonyl (C=O) groups excluding carboxylic acids is 2. The van der Waals surface area contributed by atoms with Crippen LogP contribution in [0.15, 0.2) is 53.7 Å². The molecule has 7 nitrogen and oxygen atoms in total. The number of fused-ring (bicyclic) bond motifs is 1. The summed E-state index contributed by atoms with van der Waals surface area (Å²) in [7, 11) is 0. The molecule has 0 bridgehead atoms. The first-order valence-electron chi connectivity index (χ1n) is 16.1. The summed E-state index contributed by atoms with van der Waals surface area (Å²) in [5.74, 6) is 0.0687. The number of aromatic nitrogens is 4. The van der Waals surface area contributed by atoms with Crippen LogP contribution in [0.4, 0.5) is 5.69 Å². The second-order valence-electron chi connectivity index (χ2n) is 11.5. The summed E-state index contributed by atoms with van der Waals surface area (Å²) < 4.78 is 1.66. The predicted molar refractivity (Wildman–Crippen MR) is 171 cm³/mol. The number of nitrogens with zero attached hydrogens (tertiary/aromatic N) is 4. The second-order valence-corrected chi connectivity index (χ2v) is 12.7. The van der Waals surface area contributed by atoms with Gasteiger partial charge in [0.15, 0.2) is 5.78 Å². The summed E-state index contributed by atoms with van der Waals surface area (Å²) in [6.45, 7) is 2.27. The molecule has 2 aromatic carbocycles. The van der Waals surface area contributed by atoms with E-state index in [4.69, 9.17) is 0 Å². The van der Waals surface area contributed by atoms with Gasteiger partial charge >= 0.3 is 0 Å². The predicted octanol–water partition coefficient (Wildman–Crippen LogP) is 8.76. The Morgan fingerprint density at radius 3 is 2.12 bits per heavy atom. The number of hydrogen-bond donors (Lipinski definition) is 1. The minimum absolute atomic E-state index is 0.0167. The van der Waals surface area contributed by atoms with Crippen LogP contribution in [0.3, 0.4) is 0 Å². The van der Waals surface area contributed by atoms with Crippen molar-refractivity contribution in [2.24, 2.45) is 0 Å². The van der Waals surface area contributed by atoms with Gasteiger partial charge in [0.05, 0.1) is 10.9 Å². The fourth-order valence-corrected chi connectivity index (χ4v) is 6.69. The number of para-hydroxylation sites is 1. The van der Waals surface area contributed by atoms with E-state index >= 15 is 0 Å². The van der Waals surface area contributed by atoms with Crippen LogP contribution in [0.2, 0.25) is 0 Å². The highest BCUT2D eigenvalue weighted by Gasteiger charge is 2.33. The molecule has 1 heterocycles. The normalized spacial score (nSPS) is 14.3. The smallest absolute Gasteiger partial charge is 0.224 e. The van der Waals surface area contributed by atoms with Gasteiger partial charge in [-0.05, 0) is 53.1 Å². The molecule has 3 aromatic rings. The zero-order valence-electron chi connectivity index (χ0n) is 25.2. The Kier molecular flexibility index (Phi) is 13.6. The van der Waals surface area contributed by atoms with Crippen LogP contribution in [0.5, 0.6) is 0 Å². The van der Waals surface area contributed by atoms with Gasteiger partial charge in [-0.2, -0.15) is 4.68 Å². The SMILES string of the molecule is CCCCCCCCCCCCCCCCCC(=O)Nc1ccc2c(c1)C(=O)[C@@H](Sc1nnnn1-c1ccccc1)C2. The maximum Gasteiger partial charge on any atom is 0.224 e. The fourth-order valence-electron chi connectivity index (χ4n) is 5.61. The summed E-state index contributed by atoms with van der Waals surface area (Å²) in [6, 6.07) is 15.3. The van der Waals surface area contributed by atoms with Gasteiger partial charge in [-0.3, -0.25) is 9.59 Å². The van der Waals surface area contributed by atoms with E-state index in [0.29, 0.717) is 29.2 Å². The number of tetrazole rings is 1. The molecule has 1 atom stereocenters. The first-order valence-corrected chi connectivity index (χ1v) is 17.0. The lowest BCUT2D eigenvalue weighted by atomic mass is 10.0. The maximum absolute atomic E-state index is 13.2. The second kappa shape index (κ2) is 17.8. The standard InChI is InChI=1S/C34H47N5O2S/c1-2-3-4-5-6-7-8-9-10-11-12-13-14-15-19-22-32(40)35-28-24-23-27-25-31(33(41)30(27)26-28)42-34-36-37-38-39(34)29-20-17-16-18-21-29/h16-18,20-21,23-24,26,31H,2-15,19,22,25H2,1H3,(H,35,40)/t31-/m0/s1. The van der Waals surface area contributed by atoms with E-state index in [1.165, 1.54) is 95.2 Å². The molecule has 0 fully saturated rings. The number of Topliss-reactive ketones (excluding diaryl/α,β-unsaturated/α-hetero) is 1. The molecular formula is C34H47N5O2S. The van der Waals surface area contributed by atoms with Gasteiger partial charge in [0.25, 0.3) is 0 Å². The van der Waals surface area contributed by atoms with E-state index in [9.17, 15) is 9.59 Å². The lowest BCUT2D eigenvalue weighted by Crippen LogP contribution is -2.14. The highest BCUT2D eigenvalue weighted by Crippen LogP contribution is 2.35. The van der Waals surface area contributed by atoms with Crippen LogP contribution in [-0.2, 0) is 11.2 Å². The van der Waals surface area contributed by atoms with Gasteiger partial charge in [-0.15, -0.1) is 5.10 Å². The van der Waals surface area contributed by atoms with Crippen molar-refractivity contribution in [1.29, 1.82) is 0 Å². The van der Waals surface area contributed by atoms with Gasteiger partial charge in [0, 0.05) is 17.7 Å². The van der Waals surface area contributed by atoms with Gasteiger partial charge in [0.1, 0.15) is 0 Å². The van der Waals surface area contributed by atoms with Gasteiger partial charge in [-0.1, -0.05) is 133 Å². The van der Waals surface area contributed by atoms with Crippen LogP contribution < -0.4 is 5.32 Å². The molecule has 1 N–H and O–H groups in total. The number of unbranched alkanes of at least 4 members (excludes halogenated alkanes) is 14. The Hall–Kier alpha value is -3.00. The van der Waals surface area contributed by atoms with Gasteiger partial charge in [0.2, 0.25) is 11.1 Å². The molecular weight excluding hydrogens is 542 g/mol. The number of rotatable bonds is 20. The Morgan fingerprint density at radius 2 is 1.48 bits per heavy atom. The minimum Gasteiger partial charge on any atom is -0.326 e. The minimum atomic E-state index is -0.292. The molecule has 0 spiro atoms. The maximum atomic E-state index is 13.2. The molecule has 1 aliphatic rings. The molecule has 1 aromatic heterocycles. The molecule has 1 amide bonds. The van der Waals surface area contributed by atoms with Crippen molar-refractivity contribution >= 4 is 29.1 Å². The van der Waals surface area contributed by atoms with E-state index in [0.717, 1.165) is 24.1 Å². The van der Waals surface area contributed by atoms with Crippen LogP contribution in [0.25, 0.3) is 5.69 Å².